The highest BCUT2D eigenvalue weighted by Crippen LogP contribution is 2.17. The Bertz CT molecular complexity index is 478. The predicted octanol–water partition coefficient (Wildman–Crippen LogP) is 1.79. The van der Waals surface area contributed by atoms with E-state index in [2.05, 4.69) is 20.9 Å². The fraction of sp³-hybridized carbons (Fsp3) is 0. The molecule has 2 aromatic heterocycles. The number of hydrogen-bond acceptors (Lipinski definition) is 2. The Balaban J connectivity index is 2.84. The van der Waals surface area contributed by atoms with Gasteiger partial charge in [0.15, 0.2) is 5.69 Å². The fourth-order valence-corrected chi connectivity index (χ4v) is 1.61. The van der Waals surface area contributed by atoms with Gasteiger partial charge in [-0.1, -0.05) is 0 Å². The van der Waals surface area contributed by atoms with Gasteiger partial charge in [0.05, 0.1) is 10.1 Å². The Morgan fingerprint density at radius 2 is 2.31 bits per heavy atom. The molecule has 0 aliphatic rings. The Hall–Kier alpha value is -1.36. The van der Waals surface area contributed by atoms with Crippen LogP contribution in [-0.4, -0.2) is 20.5 Å². The van der Waals surface area contributed by atoms with Crippen LogP contribution in [0.2, 0.25) is 0 Å². The molecule has 2 heterocycles. The van der Waals surface area contributed by atoms with E-state index in [0.717, 1.165) is 4.60 Å². The van der Waals surface area contributed by atoms with Crippen molar-refractivity contribution in [2.75, 3.05) is 0 Å². The fourth-order valence-electron chi connectivity index (χ4n) is 1.17. The predicted molar refractivity (Wildman–Crippen MR) is 49.9 cm³/mol. The summed E-state index contributed by atoms with van der Waals surface area (Å²) < 4.78 is 2.53. The van der Waals surface area contributed by atoms with Crippen LogP contribution in [0.5, 0.6) is 0 Å². The second-order valence-corrected chi connectivity index (χ2v) is 3.30. The summed E-state index contributed by atoms with van der Waals surface area (Å²) in [5.74, 6) is -1.02. The number of hydrogen-bond donors (Lipinski definition) is 1. The number of fused-ring (bicyclic) bond motifs is 1. The minimum atomic E-state index is -1.02. The van der Waals surface area contributed by atoms with Crippen LogP contribution in [0.3, 0.4) is 0 Å². The summed E-state index contributed by atoms with van der Waals surface area (Å²) in [4.78, 5) is 14.5. The molecular weight excluding hydrogens is 236 g/mol. The first-order chi connectivity index (χ1) is 6.20. The Morgan fingerprint density at radius 1 is 1.54 bits per heavy atom. The van der Waals surface area contributed by atoms with Gasteiger partial charge in [-0.2, -0.15) is 0 Å². The molecular formula is C8H5BrN2O2. The molecule has 0 fully saturated rings. The number of halogens is 1. The average molecular weight is 241 g/mol. The molecule has 5 heteroatoms. The largest absolute Gasteiger partial charge is 0.476 e. The summed E-state index contributed by atoms with van der Waals surface area (Å²) in [5.41, 5.74) is 0.648. The summed E-state index contributed by atoms with van der Waals surface area (Å²) in [6.07, 6.45) is 3.16. The van der Waals surface area contributed by atoms with E-state index in [1.54, 1.807) is 22.7 Å². The van der Waals surface area contributed by atoms with Crippen molar-refractivity contribution in [3.05, 3.63) is 34.8 Å². The zero-order chi connectivity index (χ0) is 9.42. The van der Waals surface area contributed by atoms with E-state index in [4.69, 9.17) is 5.11 Å². The van der Waals surface area contributed by atoms with Crippen LogP contribution in [0.15, 0.2) is 29.1 Å². The van der Waals surface area contributed by atoms with Gasteiger partial charge in [-0.15, -0.1) is 0 Å². The number of aromatic nitrogens is 2. The van der Waals surface area contributed by atoms with E-state index in [-0.39, 0.29) is 5.69 Å². The van der Waals surface area contributed by atoms with Crippen molar-refractivity contribution in [3.8, 4) is 0 Å². The molecule has 0 saturated carbocycles. The zero-order valence-electron chi connectivity index (χ0n) is 6.44. The van der Waals surface area contributed by atoms with Crippen molar-refractivity contribution in [2.45, 2.75) is 0 Å². The van der Waals surface area contributed by atoms with Crippen molar-refractivity contribution < 1.29 is 9.90 Å². The number of carboxylic acids is 1. The average Bonchev–Trinajstić information content (AvgIpc) is 2.48. The first-order valence-electron chi connectivity index (χ1n) is 3.55. The molecule has 0 aliphatic carbocycles. The van der Waals surface area contributed by atoms with E-state index < -0.39 is 5.97 Å². The molecule has 13 heavy (non-hydrogen) atoms. The lowest BCUT2D eigenvalue weighted by molar-refractivity contribution is 0.0692. The molecule has 1 N–H and O–H groups in total. The molecule has 0 aliphatic heterocycles. The van der Waals surface area contributed by atoms with Gasteiger partial charge in [-0.05, 0) is 28.1 Å². The van der Waals surface area contributed by atoms with Gasteiger partial charge in [0.2, 0.25) is 0 Å². The summed E-state index contributed by atoms with van der Waals surface area (Å²) in [6.45, 7) is 0. The maximum Gasteiger partial charge on any atom is 0.356 e. The first kappa shape index (κ1) is 8.25. The maximum absolute atomic E-state index is 10.7. The van der Waals surface area contributed by atoms with Crippen LogP contribution in [0.25, 0.3) is 5.52 Å². The van der Waals surface area contributed by atoms with E-state index in [0.29, 0.717) is 5.52 Å². The Labute approximate surface area is 82.0 Å². The van der Waals surface area contributed by atoms with Gasteiger partial charge in [0.25, 0.3) is 0 Å². The van der Waals surface area contributed by atoms with Gasteiger partial charge in [0, 0.05) is 12.4 Å². The van der Waals surface area contributed by atoms with E-state index in [1.165, 1.54) is 6.20 Å². The van der Waals surface area contributed by atoms with Crippen molar-refractivity contribution in [3.63, 3.8) is 0 Å². The van der Waals surface area contributed by atoms with Crippen LogP contribution in [0, 0.1) is 0 Å². The second kappa shape index (κ2) is 2.85. The molecule has 2 aromatic rings. The summed E-state index contributed by atoms with van der Waals surface area (Å²) in [7, 11) is 0. The lowest BCUT2D eigenvalue weighted by Crippen LogP contribution is -2.02. The van der Waals surface area contributed by atoms with Crippen LogP contribution in [-0.2, 0) is 0 Å². The van der Waals surface area contributed by atoms with Crippen molar-refractivity contribution >= 4 is 27.4 Å². The second-order valence-electron chi connectivity index (χ2n) is 2.49. The van der Waals surface area contributed by atoms with Gasteiger partial charge >= 0.3 is 5.97 Å². The van der Waals surface area contributed by atoms with Crippen LogP contribution >= 0.6 is 15.9 Å². The molecule has 4 nitrogen and oxygen atoms in total. The minimum Gasteiger partial charge on any atom is -0.476 e. The molecule has 0 aromatic carbocycles. The highest BCUT2D eigenvalue weighted by molar-refractivity contribution is 9.10. The molecule has 0 amide bonds. The van der Waals surface area contributed by atoms with Gasteiger partial charge in [0.1, 0.15) is 0 Å². The number of carbonyl (C=O) groups is 1. The van der Waals surface area contributed by atoms with Crippen molar-refractivity contribution in [1.82, 2.24) is 9.38 Å². The highest BCUT2D eigenvalue weighted by atomic mass is 79.9. The number of carboxylic acid groups (broad SMARTS) is 1. The van der Waals surface area contributed by atoms with Crippen LogP contribution < -0.4 is 0 Å². The standard InChI is InChI=1S/C8H5BrN2O2/c9-6-2-1-5-7(8(12)13)10-3-4-11(5)6/h1-4H,(H,12,13). The molecule has 0 unspecified atom stereocenters. The molecule has 66 valence electrons. The van der Waals surface area contributed by atoms with Crippen LogP contribution in [0.1, 0.15) is 10.5 Å². The Morgan fingerprint density at radius 3 is 3.00 bits per heavy atom. The topological polar surface area (TPSA) is 54.6 Å². The normalized spacial score (nSPS) is 10.5. The molecule has 0 spiro atoms. The van der Waals surface area contributed by atoms with Gasteiger partial charge < -0.3 is 9.51 Å². The summed E-state index contributed by atoms with van der Waals surface area (Å²) >= 11 is 3.29. The number of aromatic carboxylic acids is 1. The Kier molecular flexibility index (Phi) is 1.81. The lowest BCUT2D eigenvalue weighted by Gasteiger charge is -1.98. The van der Waals surface area contributed by atoms with E-state index in [9.17, 15) is 4.79 Å². The molecule has 0 bridgehead atoms. The zero-order valence-corrected chi connectivity index (χ0v) is 8.02. The number of nitrogens with zero attached hydrogens (tertiary/aromatic N) is 2. The highest BCUT2D eigenvalue weighted by Gasteiger charge is 2.10. The van der Waals surface area contributed by atoms with Gasteiger partial charge in [-0.3, -0.25) is 0 Å². The molecule has 2 rings (SSSR count). The summed E-state index contributed by atoms with van der Waals surface area (Å²) in [6, 6.07) is 3.49. The van der Waals surface area contributed by atoms with E-state index in [1.807, 2.05) is 0 Å². The monoisotopic (exact) mass is 240 g/mol. The molecule has 0 radical (unpaired) electrons. The third-order valence-electron chi connectivity index (χ3n) is 1.73. The summed E-state index contributed by atoms with van der Waals surface area (Å²) in [5, 5.41) is 8.80. The smallest absolute Gasteiger partial charge is 0.356 e. The van der Waals surface area contributed by atoms with E-state index >= 15 is 0 Å². The van der Waals surface area contributed by atoms with Crippen molar-refractivity contribution in [2.24, 2.45) is 0 Å². The third kappa shape index (κ3) is 1.21. The number of rotatable bonds is 1. The minimum absolute atomic E-state index is 0.0631. The lowest BCUT2D eigenvalue weighted by atomic mass is 10.3. The first-order valence-corrected chi connectivity index (χ1v) is 4.34. The third-order valence-corrected chi connectivity index (χ3v) is 2.38. The van der Waals surface area contributed by atoms with Crippen molar-refractivity contribution in [1.29, 1.82) is 0 Å². The quantitative estimate of drug-likeness (QED) is 0.828. The maximum atomic E-state index is 10.7. The SMILES string of the molecule is O=C(O)c1nccn2c(Br)ccc12. The molecule has 0 atom stereocenters. The van der Waals surface area contributed by atoms with Gasteiger partial charge in [-0.25, -0.2) is 9.78 Å². The van der Waals surface area contributed by atoms with Crippen LogP contribution in [0.4, 0.5) is 0 Å². The molecule has 0 saturated heterocycles.